The number of fused-ring (bicyclic) bond motifs is 4. The van der Waals surface area contributed by atoms with Gasteiger partial charge in [-0.3, -0.25) is 4.79 Å². The molecule has 2 bridgehead atoms. The van der Waals surface area contributed by atoms with Gasteiger partial charge in [0.15, 0.2) is 0 Å². The number of aliphatic hydroxyl groups is 1. The summed E-state index contributed by atoms with van der Waals surface area (Å²) in [7, 11) is 0. The Labute approximate surface area is 401 Å². The van der Waals surface area contributed by atoms with Crippen LogP contribution in [-0.4, -0.2) is 69.9 Å². The van der Waals surface area contributed by atoms with Gasteiger partial charge >= 0.3 is 11.9 Å². The fourth-order valence-corrected chi connectivity index (χ4v) is 10.5. The van der Waals surface area contributed by atoms with E-state index in [-0.39, 0.29) is 32.3 Å². The van der Waals surface area contributed by atoms with Crippen LogP contribution in [0.25, 0.3) is 11.1 Å². The normalized spacial score (nSPS) is 17.6. The van der Waals surface area contributed by atoms with Gasteiger partial charge in [-0.2, -0.15) is 0 Å². The number of ether oxygens (including phenoxy) is 7. The quantitative estimate of drug-likeness (QED) is 0.0450. The van der Waals surface area contributed by atoms with Gasteiger partial charge < -0.3 is 38.3 Å². The number of para-hydroxylation sites is 1. The molecule has 0 spiro atoms. The topological polar surface area (TPSA) is 119 Å². The van der Waals surface area contributed by atoms with Gasteiger partial charge in [-0.25, -0.2) is 4.79 Å². The molecular weight excluding hydrogens is 869 g/mol. The molecule has 3 atom stereocenters. The third-order valence-corrected chi connectivity index (χ3v) is 13.4. The van der Waals surface area contributed by atoms with Gasteiger partial charge in [-0.1, -0.05) is 128 Å². The largest absolute Gasteiger partial charge is 0.491 e. The van der Waals surface area contributed by atoms with E-state index >= 15 is 0 Å². The van der Waals surface area contributed by atoms with Crippen molar-refractivity contribution in [3.8, 4) is 34.1 Å². The molecule has 7 aromatic rings. The minimum absolute atomic E-state index is 0.0479. The second-order valence-corrected chi connectivity index (χ2v) is 17.2. The third-order valence-electron chi connectivity index (χ3n) is 13.4. The average molecular weight is 921 g/mol. The highest BCUT2D eigenvalue weighted by Crippen LogP contribution is 2.59. The summed E-state index contributed by atoms with van der Waals surface area (Å²) in [6, 6.07) is 56.7. The van der Waals surface area contributed by atoms with Crippen molar-refractivity contribution in [3.05, 3.63) is 227 Å². The monoisotopic (exact) mass is 920 g/mol. The Kier molecular flexibility index (Phi) is 13.1. The predicted molar refractivity (Wildman–Crippen MR) is 261 cm³/mol. The minimum Gasteiger partial charge on any atom is -0.491 e. The molecule has 1 N–H and O–H groups in total. The van der Waals surface area contributed by atoms with E-state index in [4.69, 9.17) is 33.2 Å². The zero-order chi connectivity index (χ0) is 47.2. The van der Waals surface area contributed by atoms with Gasteiger partial charge in [-0.05, 0) is 111 Å². The highest BCUT2D eigenvalue weighted by atomic mass is 16.6. The van der Waals surface area contributed by atoms with Crippen LogP contribution in [0.1, 0.15) is 56.8 Å². The maximum absolute atomic E-state index is 13.8. The van der Waals surface area contributed by atoms with E-state index in [1.54, 1.807) is 0 Å². The summed E-state index contributed by atoms with van der Waals surface area (Å²) in [5.74, 6) is 1.02. The Morgan fingerprint density at radius 3 is 1.64 bits per heavy atom. The summed E-state index contributed by atoms with van der Waals surface area (Å²) in [6.45, 7) is 5.34. The first kappa shape index (κ1) is 45.3. The zero-order valence-corrected chi connectivity index (χ0v) is 38.1. The SMILES string of the molecule is C=CC(=O)OCCOCCOc1ccc(C2(c3ccc(OCCOCCOC(=O)C4CC5c6ccccc6C4(O)c4ccc(Oc6ccccc6)cc45)cc3)c3ccccc3-c3ccccc32)cc1. The number of carbonyl (C=O) groups excluding carboxylic acids is 2. The molecule has 0 aliphatic heterocycles. The highest BCUT2D eigenvalue weighted by molar-refractivity contribution is 5.86. The Morgan fingerprint density at radius 1 is 0.522 bits per heavy atom. The summed E-state index contributed by atoms with van der Waals surface area (Å²) < 4.78 is 40.5. The molecule has 11 rings (SSSR count). The summed E-state index contributed by atoms with van der Waals surface area (Å²) in [5.41, 5.74) is 8.23. The maximum Gasteiger partial charge on any atom is 0.330 e. The number of esters is 2. The summed E-state index contributed by atoms with van der Waals surface area (Å²) >= 11 is 0. The average Bonchev–Trinajstić information content (AvgIpc) is 3.69. The molecular formula is C59H52O10. The molecule has 4 aliphatic rings. The van der Waals surface area contributed by atoms with Crippen molar-refractivity contribution in [2.24, 2.45) is 5.92 Å². The van der Waals surface area contributed by atoms with E-state index in [0.717, 1.165) is 45.4 Å². The van der Waals surface area contributed by atoms with Gasteiger partial charge in [0.1, 0.15) is 55.0 Å². The van der Waals surface area contributed by atoms with Gasteiger partial charge in [0.2, 0.25) is 0 Å². The molecule has 4 aliphatic carbocycles. The lowest BCUT2D eigenvalue weighted by atomic mass is 9.56. The Morgan fingerprint density at radius 2 is 1.03 bits per heavy atom. The Bertz CT molecular complexity index is 2900. The first-order valence-corrected chi connectivity index (χ1v) is 23.4. The summed E-state index contributed by atoms with van der Waals surface area (Å²) in [6.07, 6.45) is 1.54. The van der Waals surface area contributed by atoms with Crippen LogP contribution < -0.4 is 14.2 Å². The molecule has 0 heterocycles. The van der Waals surface area contributed by atoms with Crippen LogP contribution in [-0.2, 0) is 39.6 Å². The molecule has 69 heavy (non-hydrogen) atoms. The van der Waals surface area contributed by atoms with Gasteiger partial charge in [0.05, 0.1) is 37.8 Å². The van der Waals surface area contributed by atoms with E-state index in [1.165, 1.54) is 22.3 Å². The number of carbonyl (C=O) groups is 2. The lowest BCUT2D eigenvalue weighted by Crippen LogP contribution is -2.50. The fourth-order valence-electron chi connectivity index (χ4n) is 10.5. The number of rotatable bonds is 20. The Hall–Kier alpha value is -7.50. The van der Waals surface area contributed by atoms with E-state index in [0.29, 0.717) is 49.9 Å². The first-order valence-electron chi connectivity index (χ1n) is 23.4. The molecule has 0 saturated carbocycles. The van der Waals surface area contributed by atoms with Crippen LogP contribution in [0, 0.1) is 5.92 Å². The van der Waals surface area contributed by atoms with Crippen molar-refractivity contribution in [1.29, 1.82) is 0 Å². The van der Waals surface area contributed by atoms with E-state index in [1.807, 2.05) is 97.1 Å². The van der Waals surface area contributed by atoms with Crippen LogP contribution in [0.3, 0.4) is 0 Å². The molecule has 348 valence electrons. The predicted octanol–water partition coefficient (Wildman–Crippen LogP) is 10.3. The van der Waals surface area contributed by atoms with E-state index < -0.39 is 28.9 Å². The summed E-state index contributed by atoms with van der Waals surface area (Å²) in [4.78, 5) is 25.0. The highest BCUT2D eigenvalue weighted by Gasteiger charge is 2.57. The first-order chi connectivity index (χ1) is 33.9. The van der Waals surface area contributed by atoms with Crippen molar-refractivity contribution in [3.63, 3.8) is 0 Å². The second-order valence-electron chi connectivity index (χ2n) is 17.2. The van der Waals surface area contributed by atoms with Gasteiger partial charge in [0, 0.05) is 12.0 Å². The van der Waals surface area contributed by atoms with E-state index in [9.17, 15) is 14.7 Å². The molecule has 10 nitrogen and oxygen atoms in total. The molecule has 7 aromatic carbocycles. The van der Waals surface area contributed by atoms with Crippen molar-refractivity contribution in [2.75, 3.05) is 52.9 Å². The van der Waals surface area contributed by atoms with Crippen LogP contribution in [0.5, 0.6) is 23.0 Å². The molecule has 0 amide bonds. The molecule has 10 heteroatoms. The van der Waals surface area contributed by atoms with Gasteiger partial charge in [0.25, 0.3) is 0 Å². The summed E-state index contributed by atoms with van der Waals surface area (Å²) in [5, 5.41) is 12.5. The molecule has 0 saturated heterocycles. The lowest BCUT2D eigenvalue weighted by Gasteiger charge is -2.50. The van der Waals surface area contributed by atoms with Crippen molar-refractivity contribution in [2.45, 2.75) is 23.4 Å². The van der Waals surface area contributed by atoms with Crippen molar-refractivity contribution >= 4 is 11.9 Å². The van der Waals surface area contributed by atoms with E-state index in [2.05, 4.69) is 79.4 Å². The minimum atomic E-state index is -1.54. The van der Waals surface area contributed by atoms with Crippen molar-refractivity contribution in [1.82, 2.24) is 0 Å². The van der Waals surface area contributed by atoms with Crippen LogP contribution >= 0.6 is 0 Å². The molecule has 3 unspecified atom stereocenters. The lowest BCUT2D eigenvalue weighted by molar-refractivity contribution is -0.161. The second kappa shape index (κ2) is 20.0. The molecule has 0 fully saturated rings. The zero-order valence-electron chi connectivity index (χ0n) is 38.1. The Balaban J connectivity index is 0.753. The molecule has 0 aromatic heterocycles. The molecule has 0 radical (unpaired) electrons. The standard InChI is InChI=1S/C59H52O10/c1-2-56(60)67-36-32-63-30-34-65-42-24-20-40(21-25-42)58(51-17-9-6-14-46(51)47-15-7-10-18-52(47)58)41-22-26-43(27-23-41)66-35-31-64-33-37-68-57(61)55-39-49-48-16-8-11-19-53(48)59(55,62)54-29-28-45(38-50(49)54)69-44-12-4-3-5-13-44/h2-29,38,49,55,62H,1,30-37,39H2. The van der Waals surface area contributed by atoms with Crippen LogP contribution in [0.15, 0.2) is 183 Å². The van der Waals surface area contributed by atoms with Crippen LogP contribution in [0.4, 0.5) is 0 Å². The maximum atomic E-state index is 13.8. The third kappa shape index (κ3) is 8.67. The van der Waals surface area contributed by atoms with Crippen molar-refractivity contribution < 1.29 is 47.9 Å². The fraction of sp³-hybridized carbons (Fsp3) is 0.220. The number of benzene rings is 7. The number of hydrogen-bond acceptors (Lipinski definition) is 10. The van der Waals surface area contributed by atoms with Gasteiger partial charge in [-0.15, -0.1) is 0 Å². The van der Waals surface area contributed by atoms with Crippen LogP contribution in [0.2, 0.25) is 0 Å². The smallest absolute Gasteiger partial charge is 0.330 e. The number of hydrogen-bond donors (Lipinski definition) is 1.